The first-order chi connectivity index (χ1) is 13.7. The number of benzene rings is 1. The summed E-state index contributed by atoms with van der Waals surface area (Å²) in [4.78, 5) is 11.0. The molecular weight excluding hydrogens is 357 g/mol. The van der Waals surface area contributed by atoms with Gasteiger partial charge in [-0.05, 0) is 61.8 Å². The van der Waals surface area contributed by atoms with E-state index in [0.29, 0.717) is 24.2 Å². The van der Waals surface area contributed by atoms with E-state index in [1.54, 1.807) is 25.4 Å². The highest BCUT2D eigenvalue weighted by atomic mass is 19.1. The smallest absolute Gasteiger partial charge is 0.219 e. The van der Waals surface area contributed by atoms with E-state index in [4.69, 9.17) is 4.74 Å². The lowest BCUT2D eigenvalue weighted by atomic mass is 10.2. The van der Waals surface area contributed by atoms with Gasteiger partial charge in [-0.3, -0.25) is 9.89 Å². The third-order valence-corrected chi connectivity index (χ3v) is 4.93. The Hall–Kier alpha value is -2.67. The van der Waals surface area contributed by atoms with Crippen molar-refractivity contribution in [2.24, 2.45) is 4.99 Å². The van der Waals surface area contributed by atoms with E-state index in [0.717, 1.165) is 24.6 Å². The highest BCUT2D eigenvalue weighted by Gasteiger charge is 2.22. The highest BCUT2D eigenvalue weighted by Crippen LogP contribution is 2.20. The zero-order chi connectivity index (χ0) is 19.8. The van der Waals surface area contributed by atoms with Crippen molar-refractivity contribution in [3.8, 4) is 11.6 Å². The Kier molecular flexibility index (Phi) is 7.19. The lowest BCUT2D eigenvalue weighted by Gasteiger charge is -2.24. The number of likely N-dealkylation sites (N-methyl/N-ethyl adjacent to an activating group) is 1. The van der Waals surface area contributed by atoms with Crippen LogP contribution in [0.5, 0.6) is 11.6 Å². The number of nitrogens with zero attached hydrogens (tertiary/aromatic N) is 3. The fourth-order valence-electron chi connectivity index (χ4n) is 3.40. The minimum Gasteiger partial charge on any atom is -0.439 e. The second-order valence-corrected chi connectivity index (χ2v) is 6.79. The third-order valence-electron chi connectivity index (χ3n) is 4.93. The molecule has 0 bridgehead atoms. The van der Waals surface area contributed by atoms with Crippen molar-refractivity contribution in [3.05, 3.63) is 54.0 Å². The number of hydrogen-bond acceptors (Lipinski definition) is 4. The first-order valence-electron chi connectivity index (χ1n) is 9.75. The van der Waals surface area contributed by atoms with Gasteiger partial charge in [0.2, 0.25) is 5.88 Å². The lowest BCUT2D eigenvalue weighted by molar-refractivity contribution is 0.267. The maximum absolute atomic E-state index is 13.0. The van der Waals surface area contributed by atoms with Crippen molar-refractivity contribution < 1.29 is 9.13 Å². The molecule has 1 fully saturated rings. The molecule has 2 aromatic rings. The Morgan fingerprint density at radius 3 is 2.86 bits per heavy atom. The van der Waals surface area contributed by atoms with Crippen molar-refractivity contribution in [2.75, 3.05) is 26.7 Å². The molecule has 150 valence electrons. The van der Waals surface area contributed by atoms with Gasteiger partial charge >= 0.3 is 0 Å². The van der Waals surface area contributed by atoms with E-state index in [1.165, 1.54) is 31.5 Å². The van der Waals surface area contributed by atoms with Gasteiger partial charge in [0.15, 0.2) is 5.96 Å². The number of halogens is 1. The number of likely N-dealkylation sites (tertiary alicyclic amines) is 1. The first-order valence-corrected chi connectivity index (χ1v) is 9.75. The molecule has 6 nitrogen and oxygen atoms in total. The number of pyridine rings is 1. The largest absolute Gasteiger partial charge is 0.439 e. The number of rotatable bonds is 7. The number of ether oxygens (including phenoxy) is 1. The fourth-order valence-corrected chi connectivity index (χ4v) is 3.40. The summed E-state index contributed by atoms with van der Waals surface area (Å²) >= 11 is 0. The van der Waals surface area contributed by atoms with Gasteiger partial charge in [0.25, 0.3) is 0 Å². The van der Waals surface area contributed by atoms with Crippen LogP contribution < -0.4 is 15.4 Å². The highest BCUT2D eigenvalue weighted by molar-refractivity contribution is 5.79. The average Bonchev–Trinajstić information content (AvgIpc) is 3.18. The van der Waals surface area contributed by atoms with Crippen LogP contribution in [0.3, 0.4) is 0 Å². The summed E-state index contributed by atoms with van der Waals surface area (Å²) in [6.45, 7) is 5.97. The molecule has 0 spiro atoms. The standard InChI is InChI=1S/C21H28FN5O/c1-3-27-12-4-5-18(27)15-26-21(23-2)25-14-16-10-11-24-20(13-16)28-19-8-6-17(22)7-9-19/h6-11,13,18H,3-5,12,14-15H2,1-2H3,(H2,23,25,26). The van der Waals surface area contributed by atoms with Gasteiger partial charge in [0.05, 0.1) is 0 Å². The summed E-state index contributed by atoms with van der Waals surface area (Å²) in [5.41, 5.74) is 1.02. The summed E-state index contributed by atoms with van der Waals surface area (Å²) in [7, 11) is 1.77. The van der Waals surface area contributed by atoms with Crippen molar-refractivity contribution >= 4 is 5.96 Å². The number of aliphatic imine (C=N–C) groups is 1. The molecule has 2 heterocycles. The lowest BCUT2D eigenvalue weighted by Crippen LogP contribution is -2.44. The van der Waals surface area contributed by atoms with Crippen LogP contribution in [0, 0.1) is 5.82 Å². The van der Waals surface area contributed by atoms with Crippen LogP contribution in [-0.2, 0) is 6.54 Å². The van der Waals surface area contributed by atoms with Crippen LogP contribution in [0.1, 0.15) is 25.3 Å². The van der Waals surface area contributed by atoms with Crippen LogP contribution in [0.25, 0.3) is 0 Å². The molecule has 0 saturated carbocycles. The van der Waals surface area contributed by atoms with Gasteiger partial charge < -0.3 is 15.4 Å². The molecule has 2 N–H and O–H groups in total. The SMILES string of the molecule is CCN1CCCC1CNC(=NC)NCc1ccnc(Oc2ccc(F)cc2)c1. The Morgan fingerprint density at radius 1 is 1.29 bits per heavy atom. The summed E-state index contributed by atoms with van der Waals surface area (Å²) in [6.07, 6.45) is 4.19. The minimum absolute atomic E-state index is 0.295. The molecule has 3 rings (SSSR count). The number of nitrogens with one attached hydrogen (secondary N) is 2. The molecule has 1 aromatic heterocycles. The monoisotopic (exact) mass is 385 g/mol. The zero-order valence-electron chi connectivity index (χ0n) is 16.5. The van der Waals surface area contributed by atoms with Gasteiger partial charge in [-0.1, -0.05) is 6.92 Å². The van der Waals surface area contributed by atoms with E-state index in [-0.39, 0.29) is 5.82 Å². The topological polar surface area (TPSA) is 61.8 Å². The van der Waals surface area contributed by atoms with E-state index in [2.05, 4.69) is 32.4 Å². The Labute approximate surface area is 165 Å². The van der Waals surface area contributed by atoms with Crippen molar-refractivity contribution in [1.82, 2.24) is 20.5 Å². The molecule has 1 aliphatic heterocycles. The minimum atomic E-state index is -0.295. The van der Waals surface area contributed by atoms with Crippen LogP contribution in [0.15, 0.2) is 47.6 Å². The van der Waals surface area contributed by atoms with Gasteiger partial charge in [-0.2, -0.15) is 0 Å². The van der Waals surface area contributed by atoms with Crippen LogP contribution >= 0.6 is 0 Å². The van der Waals surface area contributed by atoms with Crippen LogP contribution in [0.4, 0.5) is 4.39 Å². The summed E-state index contributed by atoms with van der Waals surface area (Å²) in [6, 6.07) is 10.2. The van der Waals surface area contributed by atoms with Crippen LogP contribution in [0.2, 0.25) is 0 Å². The second-order valence-electron chi connectivity index (χ2n) is 6.79. The Bertz CT molecular complexity index is 781. The predicted octanol–water partition coefficient (Wildman–Crippen LogP) is 3.16. The van der Waals surface area contributed by atoms with Crippen LogP contribution in [-0.4, -0.2) is 48.6 Å². The maximum atomic E-state index is 13.0. The molecule has 1 aliphatic rings. The molecule has 7 heteroatoms. The molecule has 1 unspecified atom stereocenters. The molecule has 0 aliphatic carbocycles. The van der Waals surface area contributed by atoms with Gasteiger partial charge in [0.1, 0.15) is 11.6 Å². The molecule has 28 heavy (non-hydrogen) atoms. The van der Waals surface area contributed by atoms with Gasteiger partial charge in [0, 0.05) is 38.4 Å². The summed E-state index contributed by atoms with van der Waals surface area (Å²) in [5, 5.41) is 6.75. The van der Waals surface area contributed by atoms with Crippen molar-refractivity contribution in [2.45, 2.75) is 32.4 Å². The zero-order valence-corrected chi connectivity index (χ0v) is 16.5. The third kappa shape index (κ3) is 5.66. The average molecular weight is 385 g/mol. The molecule has 1 atom stereocenters. The quantitative estimate of drug-likeness (QED) is 0.566. The van der Waals surface area contributed by atoms with E-state index in [1.807, 2.05) is 12.1 Å². The van der Waals surface area contributed by atoms with Crippen molar-refractivity contribution in [1.29, 1.82) is 0 Å². The molecule has 0 amide bonds. The first kappa shape index (κ1) is 20.1. The summed E-state index contributed by atoms with van der Waals surface area (Å²) in [5.74, 6) is 1.50. The van der Waals surface area contributed by atoms with Crippen molar-refractivity contribution in [3.63, 3.8) is 0 Å². The molecule has 1 aromatic carbocycles. The number of guanidine groups is 1. The normalized spacial score (nSPS) is 17.5. The van der Waals surface area contributed by atoms with E-state index in [9.17, 15) is 4.39 Å². The molecular formula is C21H28FN5O. The fraction of sp³-hybridized carbons (Fsp3) is 0.429. The van der Waals surface area contributed by atoms with E-state index < -0.39 is 0 Å². The second kappa shape index (κ2) is 10.0. The molecule has 1 saturated heterocycles. The molecule has 0 radical (unpaired) electrons. The maximum Gasteiger partial charge on any atom is 0.219 e. The summed E-state index contributed by atoms with van der Waals surface area (Å²) < 4.78 is 18.7. The Balaban J connectivity index is 1.51. The van der Waals surface area contributed by atoms with E-state index >= 15 is 0 Å². The van der Waals surface area contributed by atoms with Gasteiger partial charge in [-0.15, -0.1) is 0 Å². The number of hydrogen-bond donors (Lipinski definition) is 2. The Morgan fingerprint density at radius 2 is 2.11 bits per heavy atom. The van der Waals surface area contributed by atoms with Gasteiger partial charge in [-0.25, -0.2) is 9.37 Å². The predicted molar refractivity (Wildman–Crippen MR) is 109 cm³/mol. The number of aromatic nitrogens is 1.